The van der Waals surface area contributed by atoms with Crippen LogP contribution in [0.5, 0.6) is 0 Å². The number of carbonyl (C=O) groups excluding carboxylic acids is 2. The van der Waals surface area contributed by atoms with Crippen molar-refractivity contribution >= 4 is 12.2 Å². The van der Waals surface area contributed by atoms with E-state index < -0.39 is 11.2 Å². The van der Waals surface area contributed by atoms with E-state index in [1.807, 2.05) is 41.5 Å². The van der Waals surface area contributed by atoms with Crippen LogP contribution in [0.15, 0.2) is 0 Å². The first-order chi connectivity index (χ1) is 22.4. The molecular weight excluding hydrogens is 614 g/mol. The SMILES string of the molecule is CC(C)(C)OC(=O)N1CC2C(CN)CO[C@@H]2C1.CN(C)CC1CO[C@@H]2CCCC12.CN(C)CC1CO[C@@H]2CN(C(=O)OC(C)(C)C)CC12. The Kier molecular flexibility index (Phi) is 13.5. The van der Waals surface area contributed by atoms with Gasteiger partial charge in [-0.25, -0.2) is 9.59 Å². The van der Waals surface area contributed by atoms with Gasteiger partial charge in [-0.3, -0.25) is 0 Å². The molecule has 12 heteroatoms. The second kappa shape index (κ2) is 16.5. The van der Waals surface area contributed by atoms with Gasteiger partial charge in [-0.05, 0) is 95.0 Å². The number of ether oxygens (including phenoxy) is 5. The van der Waals surface area contributed by atoms with Gasteiger partial charge in [0.25, 0.3) is 0 Å². The van der Waals surface area contributed by atoms with E-state index in [2.05, 4.69) is 38.0 Å². The first-order valence-electron chi connectivity index (χ1n) is 18.2. The average molecular weight is 682 g/mol. The van der Waals surface area contributed by atoms with Gasteiger partial charge in [0.1, 0.15) is 11.2 Å². The Morgan fingerprint density at radius 3 is 1.50 bits per heavy atom. The predicted octanol–water partition coefficient (Wildman–Crippen LogP) is 3.62. The summed E-state index contributed by atoms with van der Waals surface area (Å²) in [4.78, 5) is 32.0. The zero-order valence-corrected chi connectivity index (χ0v) is 31.6. The van der Waals surface area contributed by atoms with Crippen LogP contribution < -0.4 is 5.73 Å². The molecule has 6 aliphatic rings. The predicted molar refractivity (Wildman–Crippen MR) is 186 cm³/mol. The second-order valence-corrected chi connectivity index (χ2v) is 17.3. The lowest BCUT2D eigenvalue weighted by molar-refractivity contribution is 0.0214. The number of fused-ring (bicyclic) bond motifs is 3. The minimum Gasteiger partial charge on any atom is -0.444 e. The Bertz CT molecular complexity index is 1050. The van der Waals surface area contributed by atoms with Crippen LogP contribution in [-0.4, -0.2) is 155 Å². The van der Waals surface area contributed by atoms with Crippen molar-refractivity contribution < 1.29 is 33.3 Å². The summed E-state index contributed by atoms with van der Waals surface area (Å²) in [7, 11) is 8.46. The molecule has 9 atom stereocenters. The smallest absolute Gasteiger partial charge is 0.410 e. The molecule has 278 valence electrons. The van der Waals surface area contributed by atoms with E-state index >= 15 is 0 Å². The van der Waals surface area contributed by atoms with Gasteiger partial charge >= 0.3 is 12.2 Å². The van der Waals surface area contributed by atoms with Gasteiger partial charge in [-0.1, -0.05) is 6.42 Å². The second-order valence-electron chi connectivity index (χ2n) is 17.3. The largest absolute Gasteiger partial charge is 0.444 e. The summed E-state index contributed by atoms with van der Waals surface area (Å²) in [5.41, 5.74) is 4.82. The van der Waals surface area contributed by atoms with Crippen molar-refractivity contribution in [3.05, 3.63) is 0 Å². The van der Waals surface area contributed by atoms with Gasteiger partial charge in [-0.15, -0.1) is 0 Å². The van der Waals surface area contributed by atoms with E-state index in [4.69, 9.17) is 29.4 Å². The Balaban J connectivity index is 0.000000166. The molecule has 0 aromatic rings. The molecule has 1 aliphatic carbocycles. The Morgan fingerprint density at radius 1 is 0.646 bits per heavy atom. The highest BCUT2D eigenvalue weighted by molar-refractivity contribution is 5.69. The van der Waals surface area contributed by atoms with Gasteiger partial charge in [0.15, 0.2) is 0 Å². The van der Waals surface area contributed by atoms with Crippen molar-refractivity contribution in [3.8, 4) is 0 Å². The van der Waals surface area contributed by atoms with Gasteiger partial charge in [0, 0.05) is 55.8 Å². The summed E-state index contributed by atoms with van der Waals surface area (Å²) in [6.45, 7) is 19.5. The maximum atomic E-state index is 12.1. The van der Waals surface area contributed by atoms with Crippen LogP contribution in [0.1, 0.15) is 60.8 Å². The molecule has 5 saturated heterocycles. The summed E-state index contributed by atoms with van der Waals surface area (Å²) in [5.74, 6) is 3.43. The molecule has 5 aliphatic heterocycles. The van der Waals surface area contributed by atoms with Crippen molar-refractivity contribution in [2.45, 2.75) is 90.3 Å². The van der Waals surface area contributed by atoms with E-state index in [0.29, 0.717) is 56.0 Å². The fraction of sp³-hybridized carbons (Fsp3) is 0.944. The average Bonchev–Trinajstić information content (AvgIpc) is 3.77. The van der Waals surface area contributed by atoms with E-state index in [1.165, 1.54) is 25.8 Å². The number of nitrogens with two attached hydrogens (primary N) is 1. The summed E-state index contributed by atoms with van der Waals surface area (Å²) in [6.07, 6.45) is 4.61. The van der Waals surface area contributed by atoms with E-state index in [0.717, 1.165) is 44.7 Å². The number of rotatable bonds is 5. The maximum absolute atomic E-state index is 12.1. The molecule has 0 spiro atoms. The minimum absolute atomic E-state index is 0.149. The third-order valence-corrected chi connectivity index (χ3v) is 10.3. The van der Waals surface area contributed by atoms with Gasteiger partial charge in [-0.2, -0.15) is 0 Å². The molecule has 0 aromatic carbocycles. The number of carbonyl (C=O) groups is 2. The number of hydrogen-bond acceptors (Lipinski definition) is 10. The molecule has 2 N–H and O–H groups in total. The summed E-state index contributed by atoms with van der Waals surface area (Å²) < 4.78 is 28.0. The molecule has 6 rings (SSSR count). The van der Waals surface area contributed by atoms with Crippen LogP contribution in [0.4, 0.5) is 9.59 Å². The third kappa shape index (κ3) is 10.9. The number of hydrogen-bond donors (Lipinski definition) is 1. The lowest BCUT2D eigenvalue weighted by Crippen LogP contribution is -2.37. The molecule has 1 saturated carbocycles. The van der Waals surface area contributed by atoms with Crippen molar-refractivity contribution in [2.75, 3.05) is 93.8 Å². The number of likely N-dealkylation sites (tertiary alicyclic amines) is 2. The zero-order valence-electron chi connectivity index (χ0n) is 31.6. The summed E-state index contributed by atoms with van der Waals surface area (Å²) >= 11 is 0. The van der Waals surface area contributed by atoms with E-state index in [1.54, 1.807) is 9.80 Å². The van der Waals surface area contributed by atoms with Gasteiger partial charge in [0.2, 0.25) is 0 Å². The molecular formula is C36H67N5O7. The highest BCUT2D eigenvalue weighted by atomic mass is 16.6. The van der Waals surface area contributed by atoms with Gasteiger partial charge < -0.3 is 49.0 Å². The Labute approximate surface area is 290 Å². The Hall–Kier alpha value is -1.70. The highest BCUT2D eigenvalue weighted by Crippen LogP contribution is 2.40. The van der Waals surface area contributed by atoms with Crippen LogP contribution in [0.25, 0.3) is 0 Å². The monoisotopic (exact) mass is 682 g/mol. The first-order valence-corrected chi connectivity index (χ1v) is 18.2. The van der Waals surface area contributed by atoms with E-state index in [-0.39, 0.29) is 24.4 Å². The molecule has 0 bridgehead atoms. The van der Waals surface area contributed by atoms with Gasteiger partial charge in [0.05, 0.1) is 51.2 Å². The third-order valence-electron chi connectivity index (χ3n) is 10.3. The molecule has 2 amide bonds. The van der Waals surface area contributed by atoms with Crippen LogP contribution in [-0.2, 0) is 23.7 Å². The fourth-order valence-corrected chi connectivity index (χ4v) is 8.18. The number of nitrogens with zero attached hydrogens (tertiary/aromatic N) is 4. The molecule has 0 aromatic heterocycles. The van der Waals surface area contributed by atoms with Crippen LogP contribution in [0, 0.1) is 35.5 Å². The van der Waals surface area contributed by atoms with Crippen molar-refractivity contribution in [1.82, 2.24) is 19.6 Å². The minimum atomic E-state index is -0.442. The normalized spacial score (nSPS) is 34.0. The standard InChI is InChI=1S/C14H26N2O3.C12H22N2O3.C10H19NO/c1-14(2,3)19-13(17)16-7-11-10(6-15(4)5)9-18-12(11)8-16;1-12(2,3)17-11(15)14-5-9-8(4-13)7-16-10(9)6-14;1-11(2)6-8-7-12-10-5-3-4-9(8)10/h10-12H,6-9H2,1-5H3;8-10H,4-7,13H2,1-3H3;8-10H,3-7H2,1-2H3/t10?,11?,12-;2*8?,9?,10-/m111/s1. The molecule has 5 heterocycles. The quantitative estimate of drug-likeness (QED) is 0.461. The van der Waals surface area contributed by atoms with Crippen molar-refractivity contribution in [3.63, 3.8) is 0 Å². The number of amides is 2. The van der Waals surface area contributed by atoms with Crippen molar-refractivity contribution in [1.29, 1.82) is 0 Å². The highest BCUT2D eigenvalue weighted by Gasteiger charge is 2.47. The summed E-state index contributed by atoms with van der Waals surface area (Å²) in [5, 5.41) is 0. The molecule has 12 nitrogen and oxygen atoms in total. The lowest BCUT2D eigenvalue weighted by atomic mass is 9.92. The maximum Gasteiger partial charge on any atom is 0.410 e. The first kappa shape index (κ1) is 39.1. The zero-order chi connectivity index (χ0) is 35.4. The summed E-state index contributed by atoms with van der Waals surface area (Å²) in [6, 6.07) is 0. The molecule has 6 unspecified atom stereocenters. The molecule has 48 heavy (non-hydrogen) atoms. The van der Waals surface area contributed by atoms with E-state index in [9.17, 15) is 9.59 Å². The Morgan fingerprint density at radius 2 is 1.06 bits per heavy atom. The van der Waals surface area contributed by atoms with Crippen LogP contribution >= 0.6 is 0 Å². The fourth-order valence-electron chi connectivity index (χ4n) is 8.18. The molecule has 6 fully saturated rings. The molecule has 0 radical (unpaired) electrons. The van der Waals surface area contributed by atoms with Crippen LogP contribution in [0.2, 0.25) is 0 Å². The topological polar surface area (TPSA) is 119 Å². The van der Waals surface area contributed by atoms with Crippen molar-refractivity contribution in [2.24, 2.45) is 41.2 Å². The lowest BCUT2D eigenvalue weighted by Gasteiger charge is -2.25. The van der Waals surface area contributed by atoms with Crippen LogP contribution in [0.3, 0.4) is 0 Å².